The zero-order valence-corrected chi connectivity index (χ0v) is 12.8. The Bertz CT molecular complexity index is 306. The van der Waals surface area contributed by atoms with Crippen LogP contribution in [0.2, 0.25) is 0 Å². The molecule has 0 bridgehead atoms. The summed E-state index contributed by atoms with van der Waals surface area (Å²) in [6, 6.07) is 2.66. The molecule has 0 aromatic carbocycles. The van der Waals surface area contributed by atoms with E-state index in [4.69, 9.17) is 9.47 Å². The van der Waals surface area contributed by atoms with Gasteiger partial charge in [0.15, 0.2) is 0 Å². The van der Waals surface area contributed by atoms with Crippen molar-refractivity contribution in [3.8, 4) is 0 Å². The van der Waals surface area contributed by atoms with Gasteiger partial charge in [-0.15, -0.1) is 11.3 Å². The molecule has 0 saturated carbocycles. The maximum atomic E-state index is 5.48. The molecule has 0 radical (unpaired) electrons. The minimum atomic E-state index is 0.475. The third kappa shape index (κ3) is 6.52. The minimum absolute atomic E-state index is 0.475. The molecule has 0 saturated heterocycles. The molecule has 1 aromatic heterocycles. The van der Waals surface area contributed by atoms with E-state index in [1.54, 1.807) is 18.4 Å². The summed E-state index contributed by atoms with van der Waals surface area (Å²) in [5.41, 5.74) is 0. The normalized spacial score (nSPS) is 12.9. The van der Waals surface area contributed by atoms with Crippen LogP contribution in [0.4, 0.5) is 0 Å². The molecule has 3 nitrogen and oxygen atoms in total. The molecule has 17 heavy (non-hydrogen) atoms. The predicted molar refractivity (Wildman–Crippen MR) is 75.9 cm³/mol. The number of nitrogens with one attached hydrogen (secondary N) is 1. The summed E-state index contributed by atoms with van der Waals surface area (Å²) < 4.78 is 11.6. The second kappa shape index (κ2) is 9.05. The number of hydrogen-bond acceptors (Lipinski definition) is 4. The topological polar surface area (TPSA) is 30.5 Å². The van der Waals surface area contributed by atoms with Crippen molar-refractivity contribution in [2.24, 2.45) is 0 Å². The maximum Gasteiger partial charge on any atom is 0.0700 e. The standard InChI is InChI=1S/C12H20BrNO2S/c1-14-11(3-4-16-6-5-15-2)8-12-7-10(13)9-17-12/h7,9,11,14H,3-6,8H2,1-2H3. The molecule has 1 aromatic rings. The number of methoxy groups -OCH3 is 1. The first kappa shape index (κ1) is 15.1. The van der Waals surface area contributed by atoms with E-state index in [1.165, 1.54) is 9.35 Å². The molecule has 1 heterocycles. The Morgan fingerprint density at radius 3 is 2.82 bits per heavy atom. The highest BCUT2D eigenvalue weighted by atomic mass is 79.9. The molecule has 0 aliphatic carbocycles. The van der Waals surface area contributed by atoms with Crippen LogP contribution in [0.1, 0.15) is 11.3 Å². The van der Waals surface area contributed by atoms with Gasteiger partial charge in [0.2, 0.25) is 0 Å². The maximum absolute atomic E-state index is 5.48. The smallest absolute Gasteiger partial charge is 0.0700 e. The molecule has 5 heteroatoms. The molecule has 1 unspecified atom stereocenters. The molecule has 0 aliphatic rings. The molecule has 1 rings (SSSR count). The molecular weight excluding hydrogens is 302 g/mol. The highest BCUT2D eigenvalue weighted by Crippen LogP contribution is 2.21. The van der Waals surface area contributed by atoms with Crippen LogP contribution in [-0.2, 0) is 15.9 Å². The van der Waals surface area contributed by atoms with Crippen LogP contribution in [-0.4, -0.2) is 40.0 Å². The van der Waals surface area contributed by atoms with Crippen LogP contribution in [0.5, 0.6) is 0 Å². The lowest BCUT2D eigenvalue weighted by Crippen LogP contribution is -2.28. The monoisotopic (exact) mass is 321 g/mol. The lowest BCUT2D eigenvalue weighted by Gasteiger charge is -2.15. The van der Waals surface area contributed by atoms with Gasteiger partial charge < -0.3 is 14.8 Å². The number of halogens is 1. The Balaban J connectivity index is 2.19. The molecule has 0 fully saturated rings. The molecular formula is C12H20BrNO2S. The second-order valence-electron chi connectivity index (χ2n) is 3.81. The third-order valence-corrected chi connectivity index (χ3v) is 4.24. The van der Waals surface area contributed by atoms with Gasteiger partial charge in [-0.1, -0.05) is 0 Å². The van der Waals surface area contributed by atoms with Crippen molar-refractivity contribution in [3.63, 3.8) is 0 Å². The van der Waals surface area contributed by atoms with Crippen molar-refractivity contribution in [1.82, 2.24) is 5.32 Å². The summed E-state index contributed by atoms with van der Waals surface area (Å²) in [5.74, 6) is 0. The van der Waals surface area contributed by atoms with Crippen LogP contribution < -0.4 is 5.32 Å². The molecule has 0 spiro atoms. The van der Waals surface area contributed by atoms with Crippen LogP contribution in [0.3, 0.4) is 0 Å². The minimum Gasteiger partial charge on any atom is -0.382 e. The largest absolute Gasteiger partial charge is 0.382 e. The summed E-state index contributed by atoms with van der Waals surface area (Å²) in [5, 5.41) is 5.45. The predicted octanol–water partition coefficient (Wildman–Crippen LogP) is 2.69. The van der Waals surface area contributed by atoms with Gasteiger partial charge in [0.1, 0.15) is 0 Å². The van der Waals surface area contributed by atoms with E-state index in [9.17, 15) is 0 Å². The molecule has 1 N–H and O–H groups in total. The zero-order valence-electron chi connectivity index (χ0n) is 10.4. The van der Waals surface area contributed by atoms with E-state index in [0.717, 1.165) is 19.4 Å². The number of hydrogen-bond donors (Lipinski definition) is 1. The van der Waals surface area contributed by atoms with Crippen LogP contribution in [0.25, 0.3) is 0 Å². The first-order valence-electron chi connectivity index (χ1n) is 5.73. The number of likely N-dealkylation sites (N-methyl/N-ethyl adjacent to an activating group) is 1. The number of ether oxygens (including phenoxy) is 2. The van der Waals surface area contributed by atoms with Crippen molar-refractivity contribution in [2.75, 3.05) is 34.0 Å². The van der Waals surface area contributed by atoms with Gasteiger partial charge in [0, 0.05) is 34.5 Å². The number of rotatable bonds is 9. The first-order valence-corrected chi connectivity index (χ1v) is 7.40. The average Bonchev–Trinajstić information content (AvgIpc) is 2.73. The van der Waals surface area contributed by atoms with Crippen molar-refractivity contribution in [1.29, 1.82) is 0 Å². The van der Waals surface area contributed by atoms with Crippen molar-refractivity contribution < 1.29 is 9.47 Å². The molecule has 0 aliphatic heterocycles. The molecule has 0 amide bonds. The van der Waals surface area contributed by atoms with E-state index in [2.05, 4.69) is 32.7 Å². The summed E-state index contributed by atoms with van der Waals surface area (Å²) in [4.78, 5) is 1.40. The van der Waals surface area contributed by atoms with Crippen LogP contribution >= 0.6 is 27.3 Å². The second-order valence-corrected chi connectivity index (χ2v) is 5.73. The van der Waals surface area contributed by atoms with Gasteiger partial charge in [-0.05, 0) is 41.9 Å². The lowest BCUT2D eigenvalue weighted by molar-refractivity contribution is 0.0661. The Morgan fingerprint density at radius 2 is 2.24 bits per heavy atom. The third-order valence-electron chi connectivity index (χ3n) is 2.52. The Labute approximate surface area is 116 Å². The highest BCUT2D eigenvalue weighted by molar-refractivity contribution is 9.10. The van der Waals surface area contributed by atoms with E-state index in [0.29, 0.717) is 19.3 Å². The van der Waals surface area contributed by atoms with Gasteiger partial charge in [-0.3, -0.25) is 0 Å². The van der Waals surface area contributed by atoms with Gasteiger partial charge in [-0.2, -0.15) is 0 Å². The fourth-order valence-electron chi connectivity index (χ4n) is 1.52. The Kier molecular flexibility index (Phi) is 8.05. The van der Waals surface area contributed by atoms with Crippen molar-refractivity contribution in [3.05, 3.63) is 20.8 Å². The fourth-order valence-corrected chi connectivity index (χ4v) is 3.05. The van der Waals surface area contributed by atoms with Gasteiger partial charge in [0.05, 0.1) is 13.2 Å². The van der Waals surface area contributed by atoms with Crippen LogP contribution in [0.15, 0.2) is 15.9 Å². The first-order chi connectivity index (χ1) is 8.26. The zero-order chi connectivity index (χ0) is 12.5. The van der Waals surface area contributed by atoms with Gasteiger partial charge >= 0.3 is 0 Å². The van der Waals surface area contributed by atoms with E-state index in [-0.39, 0.29) is 0 Å². The summed E-state index contributed by atoms with van der Waals surface area (Å²) in [6.45, 7) is 2.13. The SMILES string of the molecule is CNC(CCOCCOC)Cc1cc(Br)cs1. The van der Waals surface area contributed by atoms with Crippen molar-refractivity contribution >= 4 is 27.3 Å². The van der Waals surface area contributed by atoms with Crippen molar-refractivity contribution in [2.45, 2.75) is 18.9 Å². The lowest BCUT2D eigenvalue weighted by atomic mass is 10.1. The number of thiophene rings is 1. The fraction of sp³-hybridized carbons (Fsp3) is 0.667. The summed E-state index contributed by atoms with van der Waals surface area (Å²) in [6.07, 6.45) is 2.08. The van der Waals surface area contributed by atoms with Crippen LogP contribution in [0, 0.1) is 0 Å². The molecule has 98 valence electrons. The quantitative estimate of drug-likeness (QED) is 0.709. The van der Waals surface area contributed by atoms with E-state index < -0.39 is 0 Å². The Hall–Kier alpha value is 0.0600. The van der Waals surface area contributed by atoms with Gasteiger partial charge in [0.25, 0.3) is 0 Å². The molecule has 1 atom stereocenters. The van der Waals surface area contributed by atoms with E-state index in [1.807, 2.05) is 7.05 Å². The summed E-state index contributed by atoms with van der Waals surface area (Å²) in [7, 11) is 3.69. The van der Waals surface area contributed by atoms with Gasteiger partial charge in [-0.25, -0.2) is 0 Å². The summed E-state index contributed by atoms with van der Waals surface area (Å²) >= 11 is 5.27. The van der Waals surface area contributed by atoms with E-state index >= 15 is 0 Å². The average molecular weight is 322 g/mol. The Morgan fingerprint density at radius 1 is 1.41 bits per heavy atom. The highest BCUT2D eigenvalue weighted by Gasteiger charge is 2.08.